The molecule has 1 atom stereocenters. The van der Waals surface area contributed by atoms with Crippen LogP contribution in [0.5, 0.6) is 0 Å². The van der Waals surface area contributed by atoms with Crippen LogP contribution in [-0.2, 0) is 14.8 Å². The fourth-order valence-electron chi connectivity index (χ4n) is 2.74. The number of hydrogen-bond donors (Lipinski definition) is 1. The molecule has 1 amide bonds. The number of benzene rings is 2. The van der Waals surface area contributed by atoms with Crippen LogP contribution in [0.4, 0.5) is 11.4 Å². The number of carbonyl (C=O) groups is 1. The molecule has 6 heteroatoms. The molecule has 0 bridgehead atoms. The second kappa shape index (κ2) is 7.70. The Balaban J connectivity index is 2.38. The van der Waals surface area contributed by atoms with E-state index in [0.717, 1.165) is 17.4 Å². The number of anilines is 2. The molecule has 0 spiro atoms. The second-order valence-electron chi connectivity index (χ2n) is 6.06. The van der Waals surface area contributed by atoms with E-state index in [2.05, 4.69) is 5.32 Å². The smallest absolute Gasteiger partial charge is 0.248 e. The molecule has 2 aromatic rings. The molecule has 0 fully saturated rings. The van der Waals surface area contributed by atoms with E-state index in [1.54, 1.807) is 37.3 Å². The maximum atomic E-state index is 12.9. The number of sulfonamides is 1. The van der Waals surface area contributed by atoms with E-state index < -0.39 is 16.1 Å². The van der Waals surface area contributed by atoms with Crippen LogP contribution in [0.1, 0.15) is 24.5 Å². The maximum Gasteiger partial charge on any atom is 0.248 e. The zero-order chi connectivity index (χ0) is 18.6. The van der Waals surface area contributed by atoms with Crippen molar-refractivity contribution in [3.05, 3.63) is 59.7 Å². The molecule has 5 nitrogen and oxygen atoms in total. The number of amides is 1. The van der Waals surface area contributed by atoms with E-state index in [-0.39, 0.29) is 5.91 Å². The lowest BCUT2D eigenvalue weighted by atomic mass is 10.1. The summed E-state index contributed by atoms with van der Waals surface area (Å²) in [6, 6.07) is 13.5. The molecule has 2 aromatic carbocycles. The Bertz CT molecular complexity index is 848. The van der Waals surface area contributed by atoms with Crippen LogP contribution >= 0.6 is 0 Å². The van der Waals surface area contributed by atoms with Gasteiger partial charge >= 0.3 is 0 Å². The van der Waals surface area contributed by atoms with E-state index in [4.69, 9.17) is 0 Å². The Labute approximate surface area is 149 Å². The van der Waals surface area contributed by atoms with Gasteiger partial charge in [0.05, 0.1) is 11.9 Å². The van der Waals surface area contributed by atoms with E-state index in [1.807, 2.05) is 32.0 Å². The highest BCUT2D eigenvalue weighted by Crippen LogP contribution is 2.24. The lowest BCUT2D eigenvalue weighted by Gasteiger charge is -2.30. The van der Waals surface area contributed by atoms with Gasteiger partial charge in [0.25, 0.3) is 0 Å². The van der Waals surface area contributed by atoms with Crippen molar-refractivity contribution in [3.63, 3.8) is 0 Å². The molecule has 0 aliphatic rings. The van der Waals surface area contributed by atoms with Crippen LogP contribution in [-0.4, -0.2) is 26.6 Å². The van der Waals surface area contributed by atoms with Gasteiger partial charge in [-0.2, -0.15) is 0 Å². The molecule has 0 aliphatic carbocycles. The summed E-state index contributed by atoms with van der Waals surface area (Å²) >= 11 is 0. The van der Waals surface area contributed by atoms with Crippen LogP contribution in [0.25, 0.3) is 0 Å². The summed E-state index contributed by atoms with van der Waals surface area (Å²) in [5.74, 6) is -0.342. The van der Waals surface area contributed by atoms with Gasteiger partial charge in [-0.1, -0.05) is 37.3 Å². The van der Waals surface area contributed by atoms with Crippen molar-refractivity contribution < 1.29 is 13.2 Å². The number of nitrogens with one attached hydrogen (secondary N) is 1. The van der Waals surface area contributed by atoms with Gasteiger partial charge in [0.1, 0.15) is 6.04 Å². The number of aryl methyl sites for hydroxylation is 1. The van der Waals surface area contributed by atoms with Gasteiger partial charge < -0.3 is 5.32 Å². The van der Waals surface area contributed by atoms with Crippen LogP contribution in [0, 0.1) is 13.8 Å². The number of para-hydroxylation sites is 1. The standard InChI is InChI=1S/C19H24N2O3S/c1-5-18(19(22)20-17-13-9-10-14(2)15(17)3)21(25(4,23)24)16-11-7-6-8-12-16/h6-13,18H,5H2,1-4H3,(H,20,22)/t18-/m1/s1. The minimum atomic E-state index is -3.61. The normalized spacial score (nSPS) is 12.5. The molecule has 25 heavy (non-hydrogen) atoms. The first kappa shape index (κ1) is 19.0. The predicted molar refractivity (Wildman–Crippen MR) is 102 cm³/mol. The average Bonchev–Trinajstić information content (AvgIpc) is 2.56. The summed E-state index contributed by atoms with van der Waals surface area (Å²) in [7, 11) is -3.61. The van der Waals surface area contributed by atoms with Gasteiger partial charge in [-0.25, -0.2) is 8.42 Å². The van der Waals surface area contributed by atoms with Gasteiger partial charge in [-0.15, -0.1) is 0 Å². The fourth-order valence-corrected chi connectivity index (χ4v) is 3.95. The number of carbonyl (C=O) groups excluding carboxylic acids is 1. The topological polar surface area (TPSA) is 66.5 Å². The van der Waals surface area contributed by atoms with Crippen molar-refractivity contribution in [1.29, 1.82) is 0 Å². The molecule has 134 valence electrons. The van der Waals surface area contributed by atoms with Crippen molar-refractivity contribution in [2.45, 2.75) is 33.2 Å². The summed E-state index contributed by atoms with van der Waals surface area (Å²) in [5.41, 5.74) is 3.21. The Morgan fingerprint density at radius 2 is 1.72 bits per heavy atom. The molecule has 0 unspecified atom stereocenters. The molecule has 2 rings (SSSR count). The van der Waals surface area contributed by atoms with Crippen molar-refractivity contribution in [3.8, 4) is 0 Å². The Hall–Kier alpha value is -2.34. The number of rotatable bonds is 6. The monoisotopic (exact) mass is 360 g/mol. The van der Waals surface area contributed by atoms with Gasteiger partial charge in [-0.05, 0) is 49.6 Å². The predicted octanol–water partition coefficient (Wildman–Crippen LogP) is 3.49. The summed E-state index contributed by atoms with van der Waals surface area (Å²) in [5, 5.41) is 2.88. The minimum Gasteiger partial charge on any atom is -0.324 e. The summed E-state index contributed by atoms with van der Waals surface area (Å²) in [6.45, 7) is 5.70. The Morgan fingerprint density at radius 1 is 1.08 bits per heavy atom. The van der Waals surface area contributed by atoms with Crippen molar-refractivity contribution >= 4 is 27.3 Å². The third-order valence-corrected chi connectivity index (χ3v) is 5.38. The number of hydrogen-bond acceptors (Lipinski definition) is 3. The van der Waals surface area contributed by atoms with Crippen molar-refractivity contribution in [1.82, 2.24) is 0 Å². The van der Waals surface area contributed by atoms with Gasteiger partial charge in [0.2, 0.25) is 15.9 Å². The van der Waals surface area contributed by atoms with Gasteiger partial charge in [0.15, 0.2) is 0 Å². The summed E-state index contributed by atoms with van der Waals surface area (Å²) in [6.07, 6.45) is 1.48. The van der Waals surface area contributed by atoms with Crippen molar-refractivity contribution in [2.24, 2.45) is 0 Å². The van der Waals surface area contributed by atoms with Crippen LogP contribution < -0.4 is 9.62 Å². The van der Waals surface area contributed by atoms with Crippen molar-refractivity contribution in [2.75, 3.05) is 15.9 Å². The molecule has 1 N–H and O–H groups in total. The molecule has 0 saturated heterocycles. The molecule has 0 aromatic heterocycles. The largest absolute Gasteiger partial charge is 0.324 e. The first-order valence-corrected chi connectivity index (χ1v) is 10.0. The second-order valence-corrected chi connectivity index (χ2v) is 7.91. The SMILES string of the molecule is CC[C@H](C(=O)Nc1cccc(C)c1C)N(c1ccccc1)S(C)(=O)=O. The van der Waals surface area contributed by atoms with E-state index in [9.17, 15) is 13.2 Å². The fraction of sp³-hybridized carbons (Fsp3) is 0.316. The highest BCUT2D eigenvalue weighted by atomic mass is 32.2. The summed E-state index contributed by atoms with van der Waals surface area (Å²) in [4.78, 5) is 12.9. The van der Waals surface area contributed by atoms with Gasteiger partial charge in [0, 0.05) is 5.69 Å². The molecule has 0 aliphatic heterocycles. The first-order valence-electron chi connectivity index (χ1n) is 8.17. The lowest BCUT2D eigenvalue weighted by Crippen LogP contribution is -2.47. The van der Waals surface area contributed by atoms with Crippen LogP contribution in [0.2, 0.25) is 0 Å². The van der Waals surface area contributed by atoms with Gasteiger partial charge in [-0.3, -0.25) is 9.10 Å². The average molecular weight is 360 g/mol. The third kappa shape index (κ3) is 4.39. The Morgan fingerprint density at radius 3 is 2.28 bits per heavy atom. The molecular formula is C19H24N2O3S. The first-order chi connectivity index (χ1) is 11.8. The quantitative estimate of drug-likeness (QED) is 0.857. The number of nitrogens with zero attached hydrogens (tertiary/aromatic N) is 1. The lowest BCUT2D eigenvalue weighted by molar-refractivity contribution is -0.117. The van der Waals surface area contributed by atoms with E-state index in [1.165, 1.54) is 4.31 Å². The minimum absolute atomic E-state index is 0.342. The van der Waals surface area contributed by atoms with Crippen LogP contribution in [0.15, 0.2) is 48.5 Å². The highest BCUT2D eigenvalue weighted by Gasteiger charge is 2.31. The highest BCUT2D eigenvalue weighted by molar-refractivity contribution is 7.92. The van der Waals surface area contributed by atoms with Crippen LogP contribution in [0.3, 0.4) is 0 Å². The third-order valence-electron chi connectivity index (χ3n) is 4.20. The van der Waals surface area contributed by atoms with E-state index >= 15 is 0 Å². The molecule has 0 radical (unpaired) electrons. The maximum absolute atomic E-state index is 12.9. The Kier molecular flexibility index (Phi) is 5.85. The zero-order valence-corrected chi connectivity index (χ0v) is 15.8. The molecule has 0 saturated carbocycles. The summed E-state index contributed by atoms with van der Waals surface area (Å²) < 4.78 is 25.9. The zero-order valence-electron chi connectivity index (χ0n) is 15.0. The molecule has 0 heterocycles. The molecular weight excluding hydrogens is 336 g/mol. The van der Waals surface area contributed by atoms with E-state index in [0.29, 0.717) is 17.8 Å².